The van der Waals surface area contributed by atoms with Crippen molar-refractivity contribution in [3.8, 4) is 0 Å². The molecule has 0 radical (unpaired) electrons. The van der Waals surface area contributed by atoms with Crippen LogP contribution in [0.25, 0.3) is 0 Å². The Kier molecular flexibility index (Phi) is 32.7. The minimum atomic E-state index is -2.54. The molecule has 5 amide bonds. The van der Waals surface area contributed by atoms with E-state index >= 15 is 0 Å². The molecule has 0 aliphatic carbocycles. The fraction of sp³-hybridized carbons (Fsp3) is 0.825. The number of amides is 5. The van der Waals surface area contributed by atoms with Gasteiger partial charge in [-0.15, -0.1) is 0 Å². The Balaban J connectivity index is 1.16. The van der Waals surface area contributed by atoms with Crippen LogP contribution in [0.5, 0.6) is 0 Å². The van der Waals surface area contributed by atoms with Crippen LogP contribution in [0.1, 0.15) is 45.0 Å². The second-order valence-corrected chi connectivity index (χ2v) is 27.3. The van der Waals surface area contributed by atoms with Gasteiger partial charge in [-0.3, -0.25) is 24.0 Å². The summed E-state index contributed by atoms with van der Waals surface area (Å²) in [4.78, 5) is 63.5. The largest absolute Gasteiger partial charge is 0.394 e. The summed E-state index contributed by atoms with van der Waals surface area (Å²) in [6.07, 6.45) is -71.9. The van der Waals surface area contributed by atoms with Gasteiger partial charge in [0.2, 0.25) is 23.6 Å². The molecule has 0 bridgehead atoms. The molecule has 1 aromatic rings. The topological polar surface area (TPSA) is 726 Å². The van der Waals surface area contributed by atoms with Crippen LogP contribution >= 0.6 is 0 Å². The lowest BCUT2D eigenvalue weighted by atomic mass is 9.94. The van der Waals surface area contributed by atoms with E-state index in [2.05, 4.69) is 26.6 Å². The van der Waals surface area contributed by atoms with E-state index in [9.17, 15) is 131 Å². The maximum absolute atomic E-state index is 13.3. The lowest BCUT2D eigenvalue weighted by molar-refractivity contribution is -0.395. The Morgan fingerprint density at radius 2 is 0.872 bits per heavy atom. The van der Waals surface area contributed by atoms with Crippen LogP contribution in [0, 0.1) is 0 Å². The number of carbonyl (C=O) groups is 5. The normalized spacial score (nSPS) is 42.5. The maximum Gasteiger partial charge on any atom is 0.250 e. The smallest absolute Gasteiger partial charge is 0.250 e. The van der Waals surface area contributed by atoms with E-state index in [4.69, 9.17) is 72.0 Å². The summed E-state index contributed by atoms with van der Waals surface area (Å²) in [6.45, 7) is -2.88. The lowest BCUT2D eigenvalue weighted by Gasteiger charge is -2.50. The highest BCUT2D eigenvalue weighted by atomic mass is 16.8. The number of anilines is 1. The summed E-state index contributed by atoms with van der Waals surface area (Å²) < 4.78 is 83.4. The summed E-state index contributed by atoms with van der Waals surface area (Å²) in [7, 11) is 0. The molecular weight excluding hydrogens is 1480 g/mol. The van der Waals surface area contributed by atoms with Crippen molar-refractivity contribution in [1.29, 1.82) is 0 Å². The molecule has 7 fully saturated rings. The monoisotopic (exact) mass is 1580 g/mol. The van der Waals surface area contributed by atoms with Crippen molar-refractivity contribution in [2.75, 3.05) is 58.1 Å². The molecule has 7 heterocycles. The highest BCUT2D eigenvalue weighted by Crippen LogP contribution is 2.38. The third-order valence-corrected chi connectivity index (χ3v) is 19.4. The molecule has 1 aromatic carbocycles. The first-order chi connectivity index (χ1) is 51.5. The first kappa shape index (κ1) is 89.5. The van der Waals surface area contributed by atoms with Crippen LogP contribution in [0.4, 0.5) is 5.69 Å². The summed E-state index contributed by atoms with van der Waals surface area (Å²) in [6, 6.07) is -1.40. The highest BCUT2D eigenvalue weighted by Gasteiger charge is 2.59. The number of aliphatic hydroxyl groups excluding tert-OH is 21. The molecule has 7 aliphatic heterocycles. The van der Waals surface area contributed by atoms with Gasteiger partial charge in [-0.25, -0.2) is 0 Å². The van der Waals surface area contributed by atoms with E-state index in [0.29, 0.717) is 0 Å². The summed E-state index contributed by atoms with van der Waals surface area (Å²) >= 11 is 0. The number of nitrogens with one attached hydrogen (secondary N) is 5. The zero-order valence-electron chi connectivity index (χ0n) is 59.2. The van der Waals surface area contributed by atoms with Crippen LogP contribution < -0.4 is 32.3 Å². The Morgan fingerprint density at radius 1 is 0.431 bits per heavy atom. The van der Waals surface area contributed by atoms with Crippen molar-refractivity contribution >= 4 is 35.2 Å². The SMILES string of the molecule is CC(=O)N[C@H]1[C@H](O[C@H](C(O)CO[C@@H]2O[C@@H](C)[C@@H](O)[C@@H](O)[C@@H]2O)[C@H](O)[C@@H](CNc2ccccc2C(N)=O)NC(C)=O)O[C@H](CO)[C@@H](O[C@@H]2O[C@H](CO[C@H]3O[C@H](CO)[C@@H](O)[C@H](O)[C@@H]3O[C@@H]3O[C@H](CO)[C@@H](O)[C@H](O)[C@H]3NC(C)=O)[C@@H](O)[C@H](O[C@H]3O[C@H](CO)[C@@H](O)[C@H](O)[C@@H]3O[C@@H]3O[C@H](CO)[C@@H](O)[C@H](O)[C@H]3NC(C)=O)[C@@H]2O)[C@@H]1O. The average Bonchev–Trinajstić information content (AvgIpc) is 0.768. The third kappa shape index (κ3) is 21.1. The Morgan fingerprint density at radius 3 is 1.37 bits per heavy atom. The van der Waals surface area contributed by atoms with Crippen LogP contribution in [-0.4, -0.2) is 429 Å². The quantitative estimate of drug-likeness (QED) is 0.0318. The molecule has 0 spiro atoms. The number of hydrogen-bond donors (Lipinski definition) is 27. The van der Waals surface area contributed by atoms with Crippen molar-refractivity contribution in [3.63, 3.8) is 0 Å². The molecule has 8 rings (SSSR count). The van der Waals surface area contributed by atoms with E-state index in [0.717, 1.165) is 27.7 Å². The number of hydrogen-bond acceptors (Lipinski definition) is 41. The molecule has 0 aromatic heterocycles. The first-order valence-corrected chi connectivity index (χ1v) is 34.7. The van der Waals surface area contributed by atoms with Gasteiger partial charge < -0.3 is 206 Å². The van der Waals surface area contributed by atoms with Gasteiger partial charge >= 0.3 is 0 Å². The standard InChI is InChI=1S/C63H102N6O40/c1-18-36(80)46(90)49(93)60(98-18)96-16-26(79)51(37(81)25(66-19(2)75)10-65-24-9-7-6-8-23(24)56(64)95)105-59-35(69-22(5)78)45(89)52(31(15-74)103-59)106-61-50(94)53(107-63-55(48(92)41(85)30(14-73)102-63)109-58-34(68-21(4)77)44(88)39(83)28(12-71)100-58)42(86)32(104-61)17-97-62-54(47(91)40(84)29(13-72)101-62)108-57-33(67-20(3)76)43(87)38(82)27(11-70)99-57/h6-9,18,25-55,57-63,65,70-74,79-94H,10-17H2,1-5H3,(H2,64,95)(H,66,75)(H,67,76)(H,68,77)(H,69,78)/t18-,25+,26?,27+,28+,29+,30+,31+,32+,33+,34+,35+,36+,37+,38+,39+,40+,41+,42+,43+,44+,45+,46+,47-,48-,49-,50-,51+,52+,53-,54-,55-,57-,58-,59-,60+,61-,62-,63+/m0/s1. The number of benzene rings is 1. The molecule has 46 heteroatoms. The second kappa shape index (κ2) is 39.8. The van der Waals surface area contributed by atoms with E-state index in [1.807, 2.05) is 0 Å². The fourth-order valence-electron chi connectivity index (χ4n) is 13.5. The van der Waals surface area contributed by atoms with Gasteiger partial charge in [0, 0.05) is 39.9 Å². The Labute approximate surface area is 619 Å². The van der Waals surface area contributed by atoms with Gasteiger partial charge in [-0.2, -0.15) is 0 Å². The molecule has 46 nitrogen and oxygen atoms in total. The molecule has 7 aliphatic rings. The first-order valence-electron chi connectivity index (χ1n) is 34.7. The van der Waals surface area contributed by atoms with E-state index < -0.39 is 321 Å². The van der Waals surface area contributed by atoms with Gasteiger partial charge in [0.15, 0.2) is 44.0 Å². The average molecular weight is 1580 g/mol. The number of carbonyl (C=O) groups excluding carboxylic acids is 5. The Hall–Kier alpha value is -5.03. The maximum atomic E-state index is 13.3. The van der Waals surface area contributed by atoms with Crippen LogP contribution in [-0.2, 0) is 85.5 Å². The number of nitrogens with two attached hydrogens (primary N) is 1. The molecule has 7 saturated heterocycles. The van der Waals surface area contributed by atoms with Gasteiger partial charge in [0.05, 0.1) is 64.0 Å². The molecule has 1 unspecified atom stereocenters. The molecule has 0 saturated carbocycles. The van der Waals surface area contributed by atoms with E-state index in [1.54, 1.807) is 0 Å². The minimum absolute atomic E-state index is 0.0565. The van der Waals surface area contributed by atoms with Crippen LogP contribution in [0.2, 0.25) is 0 Å². The van der Waals surface area contributed by atoms with Gasteiger partial charge in [0.25, 0.3) is 5.91 Å². The van der Waals surface area contributed by atoms with Gasteiger partial charge in [-0.1, -0.05) is 12.1 Å². The summed E-state index contributed by atoms with van der Waals surface area (Å²) in [5.74, 6) is -4.40. The minimum Gasteiger partial charge on any atom is -0.394 e. The fourth-order valence-corrected chi connectivity index (χ4v) is 13.5. The van der Waals surface area contributed by atoms with Crippen molar-refractivity contribution in [2.24, 2.45) is 5.73 Å². The van der Waals surface area contributed by atoms with Crippen LogP contribution in [0.15, 0.2) is 24.3 Å². The van der Waals surface area contributed by atoms with Crippen molar-refractivity contribution < 1.29 is 198 Å². The number of primary amides is 1. The Bertz CT molecular complexity index is 3080. The summed E-state index contributed by atoms with van der Waals surface area (Å²) in [5.41, 5.74) is 5.62. The van der Waals surface area contributed by atoms with E-state index in [1.165, 1.54) is 31.2 Å². The van der Waals surface area contributed by atoms with Gasteiger partial charge in [0.1, 0.15) is 183 Å². The summed E-state index contributed by atoms with van der Waals surface area (Å²) in [5, 5.41) is 248. The zero-order valence-corrected chi connectivity index (χ0v) is 59.2. The van der Waals surface area contributed by atoms with Crippen molar-refractivity contribution in [1.82, 2.24) is 21.3 Å². The molecule has 39 atom stereocenters. The highest BCUT2D eigenvalue weighted by molar-refractivity contribution is 5.98. The third-order valence-electron chi connectivity index (χ3n) is 19.4. The van der Waals surface area contributed by atoms with Crippen molar-refractivity contribution in [3.05, 3.63) is 29.8 Å². The number of aliphatic hydroxyl groups is 21. The number of para-hydroxylation sites is 1. The zero-order chi connectivity index (χ0) is 80.5. The van der Waals surface area contributed by atoms with Gasteiger partial charge in [-0.05, 0) is 19.1 Å². The predicted octanol–water partition coefficient (Wildman–Crippen LogP) is -16.0. The molecule has 28 N–H and O–H groups in total. The predicted molar refractivity (Wildman–Crippen MR) is 348 cm³/mol. The molecule has 624 valence electrons. The number of rotatable bonds is 32. The molecule has 109 heavy (non-hydrogen) atoms. The molecular formula is C63H102N6O40. The van der Waals surface area contributed by atoms with E-state index in [-0.39, 0.29) is 11.3 Å². The van der Waals surface area contributed by atoms with Crippen molar-refractivity contribution in [2.45, 2.75) is 274 Å². The number of ether oxygens (including phenoxy) is 14. The second-order valence-electron chi connectivity index (χ2n) is 27.3. The lowest BCUT2D eigenvalue weighted by Crippen LogP contribution is -2.70. The van der Waals surface area contributed by atoms with Crippen LogP contribution in [0.3, 0.4) is 0 Å².